The quantitative estimate of drug-likeness (QED) is 0.556. The summed E-state index contributed by atoms with van der Waals surface area (Å²) in [5.41, 5.74) is 0.739. The molecule has 1 aliphatic heterocycles. The SMILES string of the molecule is CCCCNC(=O)CN1CCN(C(=O)c2cccc(I)c2)CC1. The van der Waals surface area contributed by atoms with Gasteiger partial charge in [-0.05, 0) is 47.2 Å². The van der Waals surface area contributed by atoms with Crippen LogP contribution in [0.5, 0.6) is 0 Å². The van der Waals surface area contributed by atoms with Crippen molar-refractivity contribution in [3.63, 3.8) is 0 Å². The van der Waals surface area contributed by atoms with E-state index in [0.717, 1.165) is 41.6 Å². The number of halogens is 1. The van der Waals surface area contributed by atoms with Crippen LogP contribution in [0.3, 0.4) is 0 Å². The molecular weight excluding hydrogens is 405 g/mol. The van der Waals surface area contributed by atoms with Crippen LogP contribution in [0.15, 0.2) is 24.3 Å². The molecule has 6 heteroatoms. The van der Waals surface area contributed by atoms with Crippen LogP contribution >= 0.6 is 22.6 Å². The minimum Gasteiger partial charge on any atom is -0.355 e. The number of nitrogens with one attached hydrogen (secondary N) is 1. The maximum Gasteiger partial charge on any atom is 0.253 e. The topological polar surface area (TPSA) is 52.7 Å². The summed E-state index contributed by atoms with van der Waals surface area (Å²) in [6.45, 7) is 6.12. The van der Waals surface area contributed by atoms with Crippen molar-refractivity contribution >= 4 is 34.4 Å². The van der Waals surface area contributed by atoms with Crippen LogP contribution in [0.25, 0.3) is 0 Å². The highest BCUT2D eigenvalue weighted by molar-refractivity contribution is 14.1. The number of benzene rings is 1. The molecule has 0 bridgehead atoms. The van der Waals surface area contributed by atoms with Gasteiger partial charge in [-0.1, -0.05) is 19.4 Å². The zero-order valence-electron chi connectivity index (χ0n) is 13.6. The van der Waals surface area contributed by atoms with Gasteiger partial charge in [0.25, 0.3) is 5.91 Å². The fourth-order valence-electron chi connectivity index (χ4n) is 2.58. The van der Waals surface area contributed by atoms with Gasteiger partial charge in [0.15, 0.2) is 0 Å². The first-order valence-electron chi connectivity index (χ1n) is 8.14. The van der Waals surface area contributed by atoms with Crippen LogP contribution in [0.4, 0.5) is 0 Å². The van der Waals surface area contributed by atoms with Crippen LogP contribution in [0, 0.1) is 3.57 Å². The van der Waals surface area contributed by atoms with E-state index in [2.05, 4.69) is 39.7 Å². The Kier molecular flexibility index (Phi) is 7.29. The molecule has 5 nitrogen and oxygen atoms in total. The molecule has 0 saturated carbocycles. The van der Waals surface area contributed by atoms with E-state index in [-0.39, 0.29) is 11.8 Å². The molecule has 1 fully saturated rings. The number of hydrogen-bond acceptors (Lipinski definition) is 3. The molecule has 0 aromatic heterocycles. The lowest BCUT2D eigenvalue weighted by atomic mass is 10.2. The molecule has 0 radical (unpaired) electrons. The molecule has 126 valence electrons. The molecule has 1 N–H and O–H groups in total. The summed E-state index contributed by atoms with van der Waals surface area (Å²) < 4.78 is 1.07. The van der Waals surface area contributed by atoms with E-state index in [4.69, 9.17) is 0 Å². The summed E-state index contributed by atoms with van der Waals surface area (Å²) in [6, 6.07) is 7.66. The van der Waals surface area contributed by atoms with Crippen molar-refractivity contribution < 1.29 is 9.59 Å². The highest BCUT2D eigenvalue weighted by Gasteiger charge is 2.23. The summed E-state index contributed by atoms with van der Waals surface area (Å²) in [5, 5.41) is 2.93. The fraction of sp³-hybridized carbons (Fsp3) is 0.529. The Morgan fingerprint density at radius 2 is 1.96 bits per heavy atom. The molecule has 2 rings (SSSR count). The van der Waals surface area contributed by atoms with Crippen LogP contribution in [0.1, 0.15) is 30.1 Å². The summed E-state index contributed by atoms with van der Waals surface area (Å²) in [6.07, 6.45) is 2.10. The summed E-state index contributed by atoms with van der Waals surface area (Å²) in [5.74, 6) is 0.159. The standard InChI is InChI=1S/C17H24IN3O2/c1-2-3-7-19-16(22)13-20-8-10-21(11-9-20)17(23)14-5-4-6-15(18)12-14/h4-6,12H,2-3,7-11,13H2,1H3,(H,19,22). The van der Waals surface area contributed by atoms with Gasteiger partial charge in [0.2, 0.25) is 5.91 Å². The minimum absolute atomic E-state index is 0.0792. The molecule has 1 saturated heterocycles. The number of unbranched alkanes of at least 4 members (excludes halogenated alkanes) is 1. The molecule has 1 aromatic carbocycles. The fourth-order valence-corrected chi connectivity index (χ4v) is 3.12. The van der Waals surface area contributed by atoms with Crippen LogP contribution in [-0.2, 0) is 4.79 Å². The van der Waals surface area contributed by atoms with Gasteiger partial charge >= 0.3 is 0 Å². The zero-order valence-corrected chi connectivity index (χ0v) is 15.7. The van der Waals surface area contributed by atoms with E-state index < -0.39 is 0 Å². The van der Waals surface area contributed by atoms with Gasteiger partial charge < -0.3 is 10.2 Å². The maximum absolute atomic E-state index is 12.5. The molecule has 1 aliphatic rings. The number of carbonyl (C=O) groups is 2. The minimum atomic E-state index is 0.0792. The third-order valence-electron chi connectivity index (χ3n) is 3.95. The van der Waals surface area contributed by atoms with E-state index in [9.17, 15) is 9.59 Å². The molecule has 0 unspecified atom stereocenters. The number of rotatable bonds is 6. The summed E-state index contributed by atoms with van der Waals surface area (Å²) >= 11 is 2.22. The average molecular weight is 429 g/mol. The van der Waals surface area contributed by atoms with Gasteiger partial charge in [-0.3, -0.25) is 14.5 Å². The Labute approximate surface area is 151 Å². The highest BCUT2D eigenvalue weighted by Crippen LogP contribution is 2.12. The van der Waals surface area contributed by atoms with E-state index in [1.54, 1.807) is 0 Å². The van der Waals surface area contributed by atoms with Crippen molar-refractivity contribution in [2.75, 3.05) is 39.3 Å². The van der Waals surface area contributed by atoms with E-state index in [1.165, 1.54) is 0 Å². The third-order valence-corrected chi connectivity index (χ3v) is 4.62. The second-order valence-corrected chi connectivity index (χ2v) is 7.03. The lowest BCUT2D eigenvalue weighted by Gasteiger charge is -2.34. The van der Waals surface area contributed by atoms with E-state index in [1.807, 2.05) is 29.2 Å². The predicted molar refractivity (Wildman–Crippen MR) is 99.4 cm³/mol. The third kappa shape index (κ3) is 5.76. The van der Waals surface area contributed by atoms with Crippen molar-refractivity contribution in [1.82, 2.24) is 15.1 Å². The molecular formula is C17H24IN3O2. The first-order valence-corrected chi connectivity index (χ1v) is 9.22. The van der Waals surface area contributed by atoms with Crippen molar-refractivity contribution in [2.24, 2.45) is 0 Å². The van der Waals surface area contributed by atoms with E-state index >= 15 is 0 Å². The molecule has 1 aromatic rings. The Morgan fingerprint density at radius 3 is 2.61 bits per heavy atom. The second-order valence-electron chi connectivity index (χ2n) is 5.78. The van der Waals surface area contributed by atoms with Crippen LogP contribution < -0.4 is 5.32 Å². The van der Waals surface area contributed by atoms with Gasteiger partial charge in [-0.15, -0.1) is 0 Å². The molecule has 0 atom stereocenters. The first kappa shape index (κ1) is 18.2. The van der Waals surface area contributed by atoms with Crippen LogP contribution in [-0.4, -0.2) is 60.9 Å². The smallest absolute Gasteiger partial charge is 0.253 e. The normalized spacial score (nSPS) is 15.5. The lowest BCUT2D eigenvalue weighted by molar-refractivity contribution is -0.122. The van der Waals surface area contributed by atoms with Crippen molar-refractivity contribution in [3.05, 3.63) is 33.4 Å². The molecule has 2 amide bonds. The van der Waals surface area contributed by atoms with Gasteiger partial charge in [-0.25, -0.2) is 0 Å². The first-order chi connectivity index (χ1) is 11.1. The number of hydrogen-bond donors (Lipinski definition) is 1. The molecule has 23 heavy (non-hydrogen) atoms. The molecule has 0 spiro atoms. The summed E-state index contributed by atoms with van der Waals surface area (Å²) in [7, 11) is 0. The molecule has 1 heterocycles. The Bertz CT molecular complexity index is 542. The maximum atomic E-state index is 12.5. The largest absolute Gasteiger partial charge is 0.355 e. The average Bonchev–Trinajstić information content (AvgIpc) is 2.55. The second kappa shape index (κ2) is 9.22. The Hall–Kier alpha value is -1.15. The number of piperazine rings is 1. The highest BCUT2D eigenvalue weighted by atomic mass is 127. The zero-order chi connectivity index (χ0) is 16.7. The number of carbonyl (C=O) groups excluding carboxylic acids is 2. The Morgan fingerprint density at radius 1 is 1.22 bits per heavy atom. The summed E-state index contributed by atoms with van der Waals surface area (Å²) in [4.78, 5) is 28.3. The molecule has 0 aliphatic carbocycles. The lowest BCUT2D eigenvalue weighted by Crippen LogP contribution is -2.51. The van der Waals surface area contributed by atoms with Crippen molar-refractivity contribution in [3.8, 4) is 0 Å². The Balaban J connectivity index is 1.77. The van der Waals surface area contributed by atoms with E-state index in [0.29, 0.717) is 19.6 Å². The van der Waals surface area contributed by atoms with Crippen molar-refractivity contribution in [1.29, 1.82) is 0 Å². The predicted octanol–water partition coefficient (Wildman–Crippen LogP) is 1.97. The van der Waals surface area contributed by atoms with Gasteiger partial charge in [0, 0.05) is 41.9 Å². The van der Waals surface area contributed by atoms with Gasteiger partial charge in [-0.2, -0.15) is 0 Å². The van der Waals surface area contributed by atoms with Gasteiger partial charge in [0.05, 0.1) is 6.54 Å². The van der Waals surface area contributed by atoms with Crippen LogP contribution in [0.2, 0.25) is 0 Å². The van der Waals surface area contributed by atoms with Crippen molar-refractivity contribution in [2.45, 2.75) is 19.8 Å². The number of nitrogens with zero attached hydrogens (tertiary/aromatic N) is 2. The number of amides is 2. The monoisotopic (exact) mass is 429 g/mol. The van der Waals surface area contributed by atoms with Gasteiger partial charge in [0.1, 0.15) is 0 Å².